The van der Waals surface area contributed by atoms with Crippen LogP contribution in [0, 0.1) is 0 Å². The van der Waals surface area contributed by atoms with Crippen LogP contribution in [0.5, 0.6) is 5.75 Å². The summed E-state index contributed by atoms with van der Waals surface area (Å²) in [4.78, 5) is 16.3. The Morgan fingerprint density at radius 2 is 2.00 bits per heavy atom. The number of carbonyl (C=O) groups excluding carboxylic acids is 1. The molecule has 0 unspecified atom stereocenters. The van der Waals surface area contributed by atoms with Gasteiger partial charge in [0.15, 0.2) is 0 Å². The van der Waals surface area contributed by atoms with Crippen molar-refractivity contribution in [1.29, 1.82) is 0 Å². The topological polar surface area (TPSA) is 52.8 Å². The van der Waals surface area contributed by atoms with Gasteiger partial charge in [-0.05, 0) is 30.2 Å². The first kappa shape index (κ1) is 15.1. The van der Waals surface area contributed by atoms with Crippen molar-refractivity contribution in [3.63, 3.8) is 0 Å². The van der Waals surface area contributed by atoms with E-state index in [0.29, 0.717) is 12.8 Å². The van der Waals surface area contributed by atoms with Gasteiger partial charge in [0, 0.05) is 18.8 Å². The van der Waals surface area contributed by atoms with Gasteiger partial charge in [0.1, 0.15) is 18.0 Å². The van der Waals surface area contributed by atoms with Crippen LogP contribution in [0.3, 0.4) is 0 Å². The molecule has 0 saturated heterocycles. The zero-order chi connectivity index (χ0) is 16.1. The summed E-state index contributed by atoms with van der Waals surface area (Å²) in [5.41, 5.74) is 2.58. The highest BCUT2D eigenvalue weighted by molar-refractivity contribution is 5.69. The van der Waals surface area contributed by atoms with Gasteiger partial charge < -0.3 is 13.9 Å². The number of esters is 1. The Morgan fingerprint density at radius 3 is 2.83 bits per heavy atom. The van der Waals surface area contributed by atoms with Crippen molar-refractivity contribution >= 4 is 11.6 Å². The highest BCUT2D eigenvalue weighted by Gasteiger charge is 2.09. The molecule has 0 radical (unpaired) electrons. The molecule has 2 aromatic heterocycles. The zero-order valence-electron chi connectivity index (χ0n) is 12.9. The summed E-state index contributed by atoms with van der Waals surface area (Å²) in [5, 5.41) is 0. The third-order valence-electron chi connectivity index (χ3n) is 3.59. The van der Waals surface area contributed by atoms with Crippen molar-refractivity contribution in [2.24, 2.45) is 0 Å². The molecule has 23 heavy (non-hydrogen) atoms. The number of carbonyl (C=O) groups is 1. The number of hydrogen-bond acceptors (Lipinski definition) is 4. The second-order valence-electron chi connectivity index (χ2n) is 5.17. The zero-order valence-corrected chi connectivity index (χ0v) is 12.9. The van der Waals surface area contributed by atoms with Crippen molar-refractivity contribution in [2.75, 3.05) is 7.11 Å². The highest BCUT2D eigenvalue weighted by Crippen LogP contribution is 2.19. The number of fused-ring (bicyclic) bond motifs is 1. The predicted molar refractivity (Wildman–Crippen MR) is 86.3 cm³/mol. The Morgan fingerprint density at radius 1 is 1.17 bits per heavy atom. The summed E-state index contributed by atoms with van der Waals surface area (Å²) < 4.78 is 12.5. The van der Waals surface area contributed by atoms with E-state index < -0.39 is 0 Å². The molecule has 0 aliphatic rings. The molecule has 5 heteroatoms. The van der Waals surface area contributed by atoms with E-state index in [0.717, 1.165) is 22.7 Å². The molecule has 0 fully saturated rings. The van der Waals surface area contributed by atoms with E-state index in [2.05, 4.69) is 4.98 Å². The SMILES string of the molecule is COc1ccccc1CCC(=O)OCc1cn2ccccc2n1. The van der Waals surface area contributed by atoms with E-state index in [-0.39, 0.29) is 12.6 Å². The lowest BCUT2D eigenvalue weighted by atomic mass is 10.1. The molecule has 0 amide bonds. The van der Waals surface area contributed by atoms with Gasteiger partial charge in [-0.3, -0.25) is 4.79 Å². The van der Waals surface area contributed by atoms with Crippen molar-refractivity contribution in [3.8, 4) is 5.75 Å². The number of pyridine rings is 1. The molecule has 0 aliphatic carbocycles. The van der Waals surface area contributed by atoms with E-state index in [4.69, 9.17) is 9.47 Å². The van der Waals surface area contributed by atoms with Gasteiger partial charge in [-0.25, -0.2) is 4.98 Å². The Kier molecular flexibility index (Phi) is 4.57. The van der Waals surface area contributed by atoms with Crippen molar-refractivity contribution in [3.05, 3.63) is 66.1 Å². The van der Waals surface area contributed by atoms with Crippen LogP contribution in [-0.4, -0.2) is 22.5 Å². The van der Waals surface area contributed by atoms with Crippen LogP contribution in [0.15, 0.2) is 54.9 Å². The first-order chi connectivity index (χ1) is 11.3. The van der Waals surface area contributed by atoms with Crippen molar-refractivity contribution in [2.45, 2.75) is 19.4 Å². The Balaban J connectivity index is 1.53. The predicted octanol–water partition coefficient (Wildman–Crippen LogP) is 3.02. The molecular formula is C18H18N2O3. The van der Waals surface area contributed by atoms with E-state index in [1.165, 1.54) is 0 Å². The average Bonchev–Trinajstić information content (AvgIpc) is 3.01. The third-order valence-corrected chi connectivity index (χ3v) is 3.59. The number of methoxy groups -OCH3 is 1. The van der Waals surface area contributed by atoms with E-state index in [1.54, 1.807) is 7.11 Å². The lowest BCUT2D eigenvalue weighted by Crippen LogP contribution is -2.06. The Hall–Kier alpha value is -2.82. The molecule has 5 nitrogen and oxygen atoms in total. The molecule has 0 N–H and O–H groups in total. The van der Waals surface area contributed by atoms with Crippen molar-refractivity contribution < 1.29 is 14.3 Å². The van der Waals surface area contributed by atoms with E-state index >= 15 is 0 Å². The van der Waals surface area contributed by atoms with Crippen LogP contribution in [0.1, 0.15) is 17.7 Å². The first-order valence-electron chi connectivity index (χ1n) is 7.46. The smallest absolute Gasteiger partial charge is 0.306 e. The minimum Gasteiger partial charge on any atom is -0.496 e. The molecule has 118 valence electrons. The molecule has 2 heterocycles. The van der Waals surface area contributed by atoms with Gasteiger partial charge in [-0.1, -0.05) is 24.3 Å². The van der Waals surface area contributed by atoms with Crippen LogP contribution in [0.4, 0.5) is 0 Å². The summed E-state index contributed by atoms with van der Waals surface area (Å²) in [6.45, 7) is 0.187. The Labute approximate surface area is 134 Å². The largest absolute Gasteiger partial charge is 0.496 e. The number of aryl methyl sites for hydroxylation is 1. The van der Waals surface area contributed by atoms with Crippen LogP contribution < -0.4 is 4.74 Å². The number of aromatic nitrogens is 2. The monoisotopic (exact) mass is 310 g/mol. The number of rotatable bonds is 6. The van der Waals surface area contributed by atoms with E-state index in [9.17, 15) is 4.79 Å². The number of benzene rings is 1. The summed E-state index contributed by atoms with van der Waals surface area (Å²) in [6, 6.07) is 13.4. The molecule has 0 spiro atoms. The number of nitrogens with zero attached hydrogens (tertiary/aromatic N) is 2. The van der Waals surface area contributed by atoms with Gasteiger partial charge in [0.25, 0.3) is 0 Å². The molecular weight excluding hydrogens is 292 g/mol. The second kappa shape index (κ2) is 6.96. The number of imidazole rings is 1. The fourth-order valence-electron chi connectivity index (χ4n) is 2.43. The summed E-state index contributed by atoms with van der Waals surface area (Å²) in [6.07, 6.45) is 4.68. The quantitative estimate of drug-likeness (QED) is 0.657. The van der Waals surface area contributed by atoms with E-state index in [1.807, 2.05) is 59.3 Å². The number of para-hydroxylation sites is 1. The number of hydrogen-bond donors (Lipinski definition) is 0. The molecule has 3 rings (SSSR count). The molecule has 1 aromatic carbocycles. The standard InChI is InChI=1S/C18H18N2O3/c1-22-16-7-3-2-6-14(16)9-10-18(21)23-13-15-12-20-11-5-4-8-17(20)19-15/h2-8,11-12H,9-10,13H2,1H3. The normalized spacial score (nSPS) is 10.7. The maximum absolute atomic E-state index is 11.9. The summed E-state index contributed by atoms with van der Waals surface area (Å²) >= 11 is 0. The summed E-state index contributed by atoms with van der Waals surface area (Å²) in [5.74, 6) is 0.550. The summed E-state index contributed by atoms with van der Waals surface area (Å²) in [7, 11) is 1.63. The molecule has 0 bridgehead atoms. The van der Waals surface area contributed by atoms with Gasteiger partial charge in [0.05, 0.1) is 12.8 Å². The maximum atomic E-state index is 11.9. The van der Waals surface area contributed by atoms with Crippen LogP contribution in [0.25, 0.3) is 5.65 Å². The van der Waals surface area contributed by atoms with Crippen molar-refractivity contribution in [1.82, 2.24) is 9.38 Å². The van der Waals surface area contributed by atoms with Crippen LogP contribution in [0.2, 0.25) is 0 Å². The minimum atomic E-state index is -0.243. The van der Waals surface area contributed by atoms with Crippen LogP contribution in [-0.2, 0) is 22.6 Å². The molecule has 0 saturated carbocycles. The van der Waals surface area contributed by atoms with Gasteiger partial charge in [0.2, 0.25) is 0 Å². The third kappa shape index (κ3) is 3.69. The van der Waals surface area contributed by atoms with Gasteiger partial charge in [-0.15, -0.1) is 0 Å². The average molecular weight is 310 g/mol. The first-order valence-corrected chi connectivity index (χ1v) is 7.46. The maximum Gasteiger partial charge on any atom is 0.306 e. The van der Waals surface area contributed by atoms with Crippen LogP contribution >= 0.6 is 0 Å². The second-order valence-corrected chi connectivity index (χ2v) is 5.17. The number of ether oxygens (including phenoxy) is 2. The van der Waals surface area contributed by atoms with Gasteiger partial charge in [-0.2, -0.15) is 0 Å². The fourth-order valence-corrected chi connectivity index (χ4v) is 2.43. The molecule has 0 aliphatic heterocycles. The molecule has 0 atom stereocenters. The van der Waals surface area contributed by atoms with Gasteiger partial charge >= 0.3 is 5.97 Å². The highest BCUT2D eigenvalue weighted by atomic mass is 16.5. The lowest BCUT2D eigenvalue weighted by Gasteiger charge is -2.07. The fraction of sp³-hybridized carbons (Fsp3) is 0.222. The molecule has 3 aromatic rings. The Bertz CT molecular complexity index is 778. The lowest BCUT2D eigenvalue weighted by molar-refractivity contribution is -0.145. The minimum absolute atomic E-state index is 0.187.